The summed E-state index contributed by atoms with van der Waals surface area (Å²) in [6.07, 6.45) is 8.82. The van der Waals surface area contributed by atoms with Gasteiger partial charge in [0.05, 0.1) is 30.8 Å². The van der Waals surface area contributed by atoms with Gasteiger partial charge in [-0.1, -0.05) is 12.1 Å². The molecule has 0 spiro atoms. The molecule has 0 saturated carbocycles. The molecule has 128 valence electrons. The van der Waals surface area contributed by atoms with Gasteiger partial charge in [0, 0.05) is 23.3 Å². The van der Waals surface area contributed by atoms with Crippen LogP contribution >= 0.6 is 0 Å². The van der Waals surface area contributed by atoms with E-state index in [1.807, 2.05) is 29.0 Å². The molecule has 26 heavy (non-hydrogen) atoms. The number of benzene rings is 1. The summed E-state index contributed by atoms with van der Waals surface area (Å²) in [7, 11) is 0. The first-order valence-corrected chi connectivity index (χ1v) is 8.10. The highest BCUT2D eigenvalue weighted by molar-refractivity contribution is 5.93. The summed E-state index contributed by atoms with van der Waals surface area (Å²) in [5.74, 6) is 1.06. The molecule has 5 rings (SSSR count). The van der Waals surface area contributed by atoms with Gasteiger partial charge < -0.3 is 9.30 Å². The molecule has 0 amide bonds. The molecule has 0 aliphatic rings. The lowest BCUT2D eigenvalue weighted by atomic mass is 10.1. The summed E-state index contributed by atoms with van der Waals surface area (Å²) < 4.78 is 7.87. The Bertz CT molecular complexity index is 1170. The Labute approximate surface area is 147 Å². The monoisotopic (exact) mass is 346 g/mol. The molecule has 0 saturated heterocycles. The molecule has 0 radical (unpaired) electrons. The molecule has 9 heteroatoms. The number of aromatic nitrogens is 8. The fourth-order valence-corrected chi connectivity index (χ4v) is 2.87. The van der Waals surface area contributed by atoms with E-state index in [0.29, 0.717) is 30.5 Å². The number of fused-ring (bicyclic) bond motifs is 2. The second-order valence-electron chi connectivity index (χ2n) is 5.77. The minimum absolute atomic E-state index is 0.461. The molecule has 0 atom stereocenters. The lowest BCUT2D eigenvalue weighted by molar-refractivity contribution is 0.291. The smallest absolute Gasteiger partial charge is 0.228 e. The Morgan fingerprint density at radius 3 is 2.88 bits per heavy atom. The lowest BCUT2D eigenvalue weighted by Gasteiger charge is -2.09. The minimum Gasteiger partial charge on any atom is -0.475 e. The van der Waals surface area contributed by atoms with Crippen molar-refractivity contribution in [3.63, 3.8) is 0 Å². The Balaban J connectivity index is 1.53. The largest absolute Gasteiger partial charge is 0.475 e. The van der Waals surface area contributed by atoms with E-state index in [-0.39, 0.29) is 0 Å². The number of nitrogens with one attached hydrogen (secondary N) is 2. The average Bonchev–Trinajstić information content (AvgIpc) is 3.41. The zero-order valence-corrected chi connectivity index (χ0v) is 13.6. The van der Waals surface area contributed by atoms with Crippen LogP contribution in [0.5, 0.6) is 5.88 Å². The standard InChI is InChI=1S/C17H14N8O/c1-2-11(12-8-19-23-14(12)3-1)15-21-16-13(9-20-24-16)17(22-15)26-7-6-25-5-4-18-10-25/h1-5,8-10H,6-7H2,(H,19,23)(H,20,21,22,24). The summed E-state index contributed by atoms with van der Waals surface area (Å²) in [5.41, 5.74) is 2.44. The van der Waals surface area contributed by atoms with Crippen molar-refractivity contribution in [2.24, 2.45) is 0 Å². The van der Waals surface area contributed by atoms with Crippen LogP contribution in [0.3, 0.4) is 0 Å². The van der Waals surface area contributed by atoms with Crippen molar-refractivity contribution in [3.8, 4) is 17.3 Å². The van der Waals surface area contributed by atoms with Crippen molar-refractivity contribution in [3.05, 3.63) is 49.3 Å². The van der Waals surface area contributed by atoms with E-state index in [1.165, 1.54) is 0 Å². The van der Waals surface area contributed by atoms with Gasteiger partial charge in [0.1, 0.15) is 12.0 Å². The Morgan fingerprint density at radius 1 is 1.04 bits per heavy atom. The van der Waals surface area contributed by atoms with Gasteiger partial charge in [-0.05, 0) is 6.07 Å². The summed E-state index contributed by atoms with van der Waals surface area (Å²) in [5, 5.41) is 15.7. The van der Waals surface area contributed by atoms with Gasteiger partial charge in [0.15, 0.2) is 11.5 Å². The Hall–Kier alpha value is -3.75. The number of hydrogen-bond acceptors (Lipinski definition) is 6. The van der Waals surface area contributed by atoms with Gasteiger partial charge in [0.25, 0.3) is 0 Å². The van der Waals surface area contributed by atoms with Gasteiger partial charge in [-0.2, -0.15) is 15.2 Å². The maximum Gasteiger partial charge on any atom is 0.228 e. The number of aromatic amines is 2. The van der Waals surface area contributed by atoms with Crippen molar-refractivity contribution in [2.75, 3.05) is 6.61 Å². The van der Waals surface area contributed by atoms with Crippen LogP contribution in [0.25, 0.3) is 33.3 Å². The van der Waals surface area contributed by atoms with Crippen LogP contribution in [0.15, 0.2) is 49.3 Å². The van der Waals surface area contributed by atoms with Gasteiger partial charge in [-0.25, -0.2) is 9.97 Å². The van der Waals surface area contributed by atoms with Gasteiger partial charge in [-0.3, -0.25) is 10.2 Å². The van der Waals surface area contributed by atoms with E-state index in [0.717, 1.165) is 21.9 Å². The molecule has 5 aromatic rings. The summed E-state index contributed by atoms with van der Waals surface area (Å²) in [6.45, 7) is 1.14. The molecule has 4 heterocycles. The fraction of sp³-hybridized carbons (Fsp3) is 0.118. The predicted octanol–water partition coefficient (Wildman–Crippen LogP) is 2.17. The second kappa shape index (κ2) is 5.96. The molecule has 0 aliphatic heterocycles. The topological polar surface area (TPSA) is 110 Å². The third-order valence-electron chi connectivity index (χ3n) is 4.15. The number of rotatable bonds is 5. The highest BCUT2D eigenvalue weighted by Gasteiger charge is 2.14. The van der Waals surface area contributed by atoms with Gasteiger partial charge in [-0.15, -0.1) is 0 Å². The van der Waals surface area contributed by atoms with E-state index in [9.17, 15) is 0 Å². The number of ether oxygens (including phenoxy) is 1. The Morgan fingerprint density at radius 2 is 1.96 bits per heavy atom. The SMILES string of the molecule is c1cc(-c2nc(OCCn3ccnc3)c3cn[nH]c3n2)c2cn[nH]c2c1. The van der Waals surface area contributed by atoms with Crippen LogP contribution in [0.4, 0.5) is 0 Å². The quantitative estimate of drug-likeness (QED) is 0.505. The third kappa shape index (κ3) is 2.46. The Kier molecular flexibility index (Phi) is 3.34. The highest BCUT2D eigenvalue weighted by Crippen LogP contribution is 2.29. The summed E-state index contributed by atoms with van der Waals surface area (Å²) >= 11 is 0. The molecule has 0 aliphatic carbocycles. The maximum absolute atomic E-state index is 5.92. The molecule has 0 bridgehead atoms. The number of hydrogen-bond donors (Lipinski definition) is 2. The van der Waals surface area contributed by atoms with Crippen LogP contribution in [0.2, 0.25) is 0 Å². The molecule has 9 nitrogen and oxygen atoms in total. The number of nitrogens with zero attached hydrogens (tertiary/aromatic N) is 6. The first-order valence-electron chi connectivity index (χ1n) is 8.10. The molecule has 2 N–H and O–H groups in total. The van der Waals surface area contributed by atoms with Gasteiger partial charge in [0.2, 0.25) is 5.88 Å². The summed E-state index contributed by atoms with van der Waals surface area (Å²) in [6, 6.07) is 5.86. The first kappa shape index (κ1) is 14.6. The fourth-order valence-electron chi connectivity index (χ4n) is 2.87. The number of H-pyrrole nitrogens is 2. The van der Waals surface area contributed by atoms with Crippen molar-refractivity contribution in [2.45, 2.75) is 6.54 Å². The molecular formula is C17H14N8O. The minimum atomic E-state index is 0.461. The summed E-state index contributed by atoms with van der Waals surface area (Å²) in [4.78, 5) is 13.2. The van der Waals surface area contributed by atoms with E-state index < -0.39 is 0 Å². The third-order valence-corrected chi connectivity index (χ3v) is 4.15. The molecule has 1 aromatic carbocycles. The van der Waals surface area contributed by atoms with Crippen molar-refractivity contribution in [1.82, 2.24) is 39.9 Å². The lowest BCUT2D eigenvalue weighted by Crippen LogP contribution is -2.08. The zero-order valence-electron chi connectivity index (χ0n) is 13.6. The van der Waals surface area contributed by atoms with Crippen LogP contribution in [-0.4, -0.2) is 46.5 Å². The zero-order chi connectivity index (χ0) is 17.3. The molecule has 0 fully saturated rings. The number of imidazole rings is 1. The van der Waals surface area contributed by atoms with Crippen molar-refractivity contribution in [1.29, 1.82) is 0 Å². The highest BCUT2D eigenvalue weighted by atomic mass is 16.5. The van der Waals surface area contributed by atoms with Crippen LogP contribution in [-0.2, 0) is 6.54 Å². The van der Waals surface area contributed by atoms with Gasteiger partial charge >= 0.3 is 0 Å². The van der Waals surface area contributed by atoms with Crippen LogP contribution in [0.1, 0.15) is 0 Å². The van der Waals surface area contributed by atoms with Crippen molar-refractivity contribution >= 4 is 21.9 Å². The maximum atomic E-state index is 5.92. The van der Waals surface area contributed by atoms with E-state index in [2.05, 4.69) is 35.3 Å². The van der Waals surface area contributed by atoms with Crippen LogP contribution in [0, 0.1) is 0 Å². The van der Waals surface area contributed by atoms with Crippen LogP contribution < -0.4 is 4.74 Å². The van der Waals surface area contributed by atoms with E-state index >= 15 is 0 Å². The average molecular weight is 346 g/mol. The molecule has 4 aromatic heterocycles. The second-order valence-corrected chi connectivity index (χ2v) is 5.77. The first-order chi connectivity index (χ1) is 12.9. The molecule has 0 unspecified atom stereocenters. The van der Waals surface area contributed by atoms with E-state index in [4.69, 9.17) is 4.74 Å². The predicted molar refractivity (Wildman–Crippen MR) is 94.5 cm³/mol. The van der Waals surface area contributed by atoms with Crippen molar-refractivity contribution < 1.29 is 4.74 Å². The normalized spacial score (nSPS) is 11.4. The molecular weight excluding hydrogens is 332 g/mol. The van der Waals surface area contributed by atoms with E-state index in [1.54, 1.807) is 24.9 Å².